The average molecular weight is 522 g/mol. The first-order valence-corrected chi connectivity index (χ1v) is 13.7. The number of rotatable bonds is 2. The summed E-state index contributed by atoms with van der Waals surface area (Å²) >= 11 is 1.70. The predicted molar refractivity (Wildman–Crippen MR) is 139 cm³/mol. The zero-order valence-corrected chi connectivity index (χ0v) is 21.5. The maximum absolute atomic E-state index is 15.8. The SMILES string of the molecule is O=C1c2c(OP)c(=O)ccn2N([C@@H]2c3ccccc3SCc3cccc(F)c32)[C@@H]2CC3(CCN12)CC3. The van der Waals surface area contributed by atoms with Crippen LogP contribution >= 0.6 is 21.2 Å². The third-order valence-electron chi connectivity index (χ3n) is 8.26. The van der Waals surface area contributed by atoms with Crippen LogP contribution in [0.1, 0.15) is 58.9 Å². The molecule has 1 saturated carbocycles. The summed E-state index contributed by atoms with van der Waals surface area (Å²) in [6.45, 7) is 0.604. The Hall–Kier alpha value is -2.83. The topological polar surface area (TPSA) is 54.8 Å². The molecule has 3 aromatic rings. The summed E-state index contributed by atoms with van der Waals surface area (Å²) in [7, 11) is 2.10. The molecule has 7 rings (SSSR count). The Morgan fingerprint density at radius 2 is 1.89 bits per heavy atom. The number of hydrogen-bond acceptors (Lipinski definition) is 5. The highest BCUT2D eigenvalue weighted by molar-refractivity contribution is 7.98. The van der Waals surface area contributed by atoms with Crippen molar-refractivity contribution < 1.29 is 13.7 Å². The molecule has 184 valence electrons. The van der Waals surface area contributed by atoms with Crippen molar-refractivity contribution in [1.82, 2.24) is 9.58 Å². The number of benzene rings is 2. The smallest absolute Gasteiger partial charge is 0.278 e. The lowest BCUT2D eigenvalue weighted by atomic mass is 9.87. The van der Waals surface area contributed by atoms with Crippen molar-refractivity contribution >= 4 is 27.1 Å². The van der Waals surface area contributed by atoms with E-state index in [1.54, 1.807) is 28.7 Å². The molecule has 4 heterocycles. The quantitative estimate of drug-likeness (QED) is 0.452. The molecule has 4 aliphatic rings. The number of piperidine rings is 1. The van der Waals surface area contributed by atoms with Crippen LogP contribution in [0.15, 0.2) is 64.4 Å². The molecule has 0 bridgehead atoms. The standard InChI is InChI=1S/C27H25FN3O3PS/c28-18-6-3-4-16-15-36-20-7-2-1-5-17(20)23(22(16)18)31-21-14-27(9-10-27)11-13-29(21)26(33)24-25(34-35)19(32)8-12-30(24)31/h1-8,12,21,23H,9-11,13-15,35H2/t21-,23-/m1/s1. The lowest BCUT2D eigenvalue weighted by Crippen LogP contribution is -2.65. The first kappa shape index (κ1) is 22.4. The number of fused-ring (bicyclic) bond motifs is 4. The van der Waals surface area contributed by atoms with Crippen molar-refractivity contribution in [3.63, 3.8) is 0 Å². The fourth-order valence-corrected chi connectivity index (χ4v) is 7.55. The fraction of sp³-hybridized carbons (Fsp3) is 0.333. The van der Waals surface area contributed by atoms with Crippen molar-refractivity contribution in [2.24, 2.45) is 5.41 Å². The number of aromatic nitrogens is 1. The molecule has 6 nitrogen and oxygen atoms in total. The predicted octanol–water partition coefficient (Wildman–Crippen LogP) is 4.85. The van der Waals surface area contributed by atoms with Gasteiger partial charge in [0.05, 0.1) is 9.47 Å². The second-order valence-corrected chi connectivity index (χ2v) is 11.4. The van der Waals surface area contributed by atoms with Gasteiger partial charge in [-0.15, -0.1) is 11.8 Å². The van der Waals surface area contributed by atoms with E-state index in [0.717, 1.165) is 41.7 Å². The lowest BCUT2D eigenvalue weighted by molar-refractivity contribution is 0.0349. The molecule has 1 aromatic heterocycles. The highest BCUT2D eigenvalue weighted by Gasteiger charge is 2.55. The summed E-state index contributed by atoms with van der Waals surface area (Å²) in [4.78, 5) is 29.5. The molecule has 0 N–H and O–H groups in total. The van der Waals surface area contributed by atoms with Crippen LogP contribution in [0.25, 0.3) is 0 Å². The monoisotopic (exact) mass is 521 g/mol. The maximum Gasteiger partial charge on any atom is 0.278 e. The average Bonchev–Trinajstić information content (AvgIpc) is 3.66. The number of pyridine rings is 1. The van der Waals surface area contributed by atoms with Crippen molar-refractivity contribution in [1.29, 1.82) is 0 Å². The van der Waals surface area contributed by atoms with Gasteiger partial charge in [-0.25, -0.2) is 4.39 Å². The summed E-state index contributed by atoms with van der Waals surface area (Å²) in [5.74, 6) is 0.169. The van der Waals surface area contributed by atoms with Crippen LogP contribution < -0.4 is 15.0 Å². The van der Waals surface area contributed by atoms with Gasteiger partial charge in [-0.3, -0.25) is 19.3 Å². The van der Waals surface area contributed by atoms with Crippen LogP contribution in [0.2, 0.25) is 0 Å². The van der Waals surface area contributed by atoms with Gasteiger partial charge < -0.3 is 9.42 Å². The van der Waals surface area contributed by atoms with Gasteiger partial charge >= 0.3 is 0 Å². The summed E-state index contributed by atoms with van der Waals surface area (Å²) < 4.78 is 23.0. The molecule has 2 fully saturated rings. The van der Waals surface area contributed by atoms with E-state index in [1.165, 1.54) is 12.1 Å². The molecular formula is C27H25FN3O3PS. The summed E-state index contributed by atoms with van der Waals surface area (Å²) in [5, 5.41) is 2.13. The van der Waals surface area contributed by atoms with Crippen molar-refractivity contribution in [2.45, 2.75) is 48.5 Å². The van der Waals surface area contributed by atoms with Crippen molar-refractivity contribution in [3.05, 3.63) is 93.2 Å². The van der Waals surface area contributed by atoms with Gasteiger partial charge in [0.15, 0.2) is 5.69 Å². The highest BCUT2D eigenvalue weighted by Crippen LogP contribution is 2.57. The van der Waals surface area contributed by atoms with Gasteiger partial charge in [0, 0.05) is 35.0 Å². The number of hydrogen-bond donors (Lipinski definition) is 0. The van der Waals surface area contributed by atoms with E-state index in [4.69, 9.17) is 4.52 Å². The van der Waals surface area contributed by atoms with E-state index in [1.807, 2.05) is 23.1 Å². The highest BCUT2D eigenvalue weighted by atomic mass is 32.2. The van der Waals surface area contributed by atoms with Gasteiger partial charge in [0.25, 0.3) is 5.91 Å². The van der Waals surface area contributed by atoms with E-state index in [0.29, 0.717) is 17.9 Å². The van der Waals surface area contributed by atoms with E-state index in [-0.39, 0.29) is 40.2 Å². The number of amides is 1. The summed E-state index contributed by atoms with van der Waals surface area (Å²) in [6.07, 6.45) is 5.44. The molecular weight excluding hydrogens is 496 g/mol. The van der Waals surface area contributed by atoms with Crippen LogP contribution in [0.4, 0.5) is 4.39 Å². The number of carbonyl (C=O) groups excluding carboxylic acids is 1. The van der Waals surface area contributed by atoms with Crippen LogP contribution in [-0.4, -0.2) is 28.2 Å². The minimum absolute atomic E-state index is 0.00676. The molecule has 3 aliphatic heterocycles. The molecule has 1 unspecified atom stereocenters. The van der Waals surface area contributed by atoms with Crippen LogP contribution in [0.5, 0.6) is 5.75 Å². The van der Waals surface area contributed by atoms with E-state index < -0.39 is 6.04 Å². The van der Waals surface area contributed by atoms with Crippen molar-refractivity contribution in [3.8, 4) is 5.75 Å². The minimum Gasteiger partial charge on any atom is -0.474 e. The molecule has 2 aromatic carbocycles. The van der Waals surface area contributed by atoms with E-state index >= 15 is 4.39 Å². The normalized spacial score (nSPS) is 23.3. The fourth-order valence-electron chi connectivity index (χ4n) is 6.23. The van der Waals surface area contributed by atoms with E-state index in [9.17, 15) is 9.59 Å². The molecule has 3 atom stereocenters. The molecule has 1 amide bonds. The molecule has 0 radical (unpaired) electrons. The van der Waals surface area contributed by atoms with Crippen molar-refractivity contribution in [2.75, 3.05) is 11.6 Å². The summed E-state index contributed by atoms with van der Waals surface area (Å²) in [5.41, 5.74) is 2.61. The number of thioether (sulfide) groups is 1. The number of nitrogens with zero attached hydrogens (tertiary/aromatic N) is 3. The molecule has 36 heavy (non-hydrogen) atoms. The zero-order valence-electron chi connectivity index (χ0n) is 19.5. The van der Waals surface area contributed by atoms with Gasteiger partial charge in [-0.2, -0.15) is 0 Å². The molecule has 9 heteroatoms. The Labute approximate surface area is 214 Å². The Morgan fingerprint density at radius 3 is 2.69 bits per heavy atom. The molecule has 1 aliphatic carbocycles. The second kappa shape index (κ2) is 8.09. The lowest BCUT2D eigenvalue weighted by Gasteiger charge is -2.53. The first-order valence-electron chi connectivity index (χ1n) is 12.2. The Morgan fingerprint density at radius 1 is 1.06 bits per heavy atom. The Bertz CT molecular complexity index is 1470. The second-order valence-electron chi connectivity index (χ2n) is 10.2. The minimum atomic E-state index is -0.486. The van der Waals surface area contributed by atoms with Gasteiger partial charge in [-0.1, -0.05) is 30.3 Å². The van der Waals surface area contributed by atoms with E-state index in [2.05, 4.69) is 26.6 Å². The number of carbonyl (C=O) groups is 1. The maximum atomic E-state index is 15.8. The van der Waals surface area contributed by atoms with Gasteiger partial charge in [-0.05, 0) is 54.4 Å². The van der Waals surface area contributed by atoms with Gasteiger partial charge in [0.1, 0.15) is 18.0 Å². The van der Waals surface area contributed by atoms with Gasteiger partial charge in [0.2, 0.25) is 11.2 Å². The Kier molecular flexibility index (Phi) is 5.03. The van der Waals surface area contributed by atoms with Crippen LogP contribution in [0, 0.1) is 11.2 Å². The molecule has 1 spiro atoms. The zero-order chi connectivity index (χ0) is 24.6. The third kappa shape index (κ3) is 3.20. The number of halogens is 1. The molecule has 1 saturated heterocycles. The Balaban J connectivity index is 1.54. The first-order chi connectivity index (χ1) is 17.5. The summed E-state index contributed by atoms with van der Waals surface area (Å²) in [6, 6.07) is 14.3. The largest absolute Gasteiger partial charge is 0.474 e. The van der Waals surface area contributed by atoms with Crippen LogP contribution in [-0.2, 0) is 5.75 Å². The van der Waals surface area contributed by atoms with Crippen LogP contribution in [0.3, 0.4) is 0 Å². The third-order valence-corrected chi connectivity index (χ3v) is 9.64.